The lowest BCUT2D eigenvalue weighted by Crippen LogP contribution is -2.41. The van der Waals surface area contributed by atoms with Gasteiger partial charge in [0.05, 0.1) is 32.3 Å². The van der Waals surface area contributed by atoms with Gasteiger partial charge in [-0.25, -0.2) is 4.79 Å². The number of para-hydroxylation sites is 1. The number of anilines is 1. The van der Waals surface area contributed by atoms with Gasteiger partial charge in [0.25, 0.3) is 0 Å². The van der Waals surface area contributed by atoms with Crippen molar-refractivity contribution in [2.75, 3.05) is 25.7 Å². The molecule has 2 aromatic carbocycles. The van der Waals surface area contributed by atoms with E-state index in [4.69, 9.17) is 19.9 Å². The highest BCUT2D eigenvalue weighted by Crippen LogP contribution is 2.47. The van der Waals surface area contributed by atoms with E-state index in [1.54, 1.807) is 33.3 Å². The van der Waals surface area contributed by atoms with Gasteiger partial charge in [-0.3, -0.25) is 9.69 Å². The summed E-state index contributed by atoms with van der Waals surface area (Å²) in [4.78, 5) is 28.4. The Bertz CT molecular complexity index is 1140. The van der Waals surface area contributed by atoms with Crippen molar-refractivity contribution in [3.05, 3.63) is 76.8 Å². The van der Waals surface area contributed by atoms with E-state index in [-0.39, 0.29) is 23.8 Å². The van der Waals surface area contributed by atoms with Crippen LogP contribution in [-0.4, -0.2) is 32.6 Å². The van der Waals surface area contributed by atoms with Gasteiger partial charge in [0.2, 0.25) is 0 Å². The second kappa shape index (κ2) is 9.40. The van der Waals surface area contributed by atoms with Crippen LogP contribution in [0.2, 0.25) is 0 Å². The summed E-state index contributed by atoms with van der Waals surface area (Å²) in [6.07, 6.45) is 1.82. The first-order chi connectivity index (χ1) is 16.0. The number of ketones is 1. The van der Waals surface area contributed by atoms with E-state index in [0.29, 0.717) is 35.5 Å². The number of benzene rings is 2. The molecule has 0 saturated heterocycles. The zero-order valence-corrected chi connectivity index (χ0v) is 19.1. The summed E-state index contributed by atoms with van der Waals surface area (Å²) in [6.45, 7) is 1.94. The van der Waals surface area contributed by atoms with Crippen molar-refractivity contribution in [3.8, 4) is 11.5 Å². The molecule has 1 atom stereocenters. The molecule has 7 heteroatoms. The smallest absolute Gasteiger partial charge is 0.338 e. The van der Waals surface area contributed by atoms with E-state index >= 15 is 0 Å². The Hall–Kier alpha value is -3.74. The van der Waals surface area contributed by atoms with E-state index in [0.717, 1.165) is 17.8 Å². The first kappa shape index (κ1) is 22.5. The molecule has 1 heterocycles. The molecular weight excluding hydrogens is 420 g/mol. The summed E-state index contributed by atoms with van der Waals surface area (Å²) in [7, 11) is 3.11. The van der Waals surface area contributed by atoms with Gasteiger partial charge >= 0.3 is 5.97 Å². The van der Waals surface area contributed by atoms with Gasteiger partial charge in [-0.2, -0.15) is 0 Å². The molecule has 2 aliphatic rings. The van der Waals surface area contributed by atoms with Crippen LogP contribution in [-0.2, 0) is 14.3 Å². The summed E-state index contributed by atoms with van der Waals surface area (Å²) in [5, 5.41) is 0. The third-order valence-corrected chi connectivity index (χ3v) is 6.04. The largest absolute Gasteiger partial charge is 0.493 e. The van der Waals surface area contributed by atoms with Gasteiger partial charge in [-0.1, -0.05) is 24.3 Å². The van der Waals surface area contributed by atoms with Gasteiger partial charge in [-0.05, 0) is 49.6 Å². The van der Waals surface area contributed by atoms with Crippen LogP contribution in [0.15, 0.2) is 71.2 Å². The Labute approximate surface area is 193 Å². The number of hydrogen-bond donors (Lipinski definition) is 1. The molecule has 0 bridgehead atoms. The fourth-order valence-electron chi connectivity index (χ4n) is 4.63. The second-order valence-corrected chi connectivity index (χ2v) is 7.87. The quantitative estimate of drug-likeness (QED) is 0.667. The number of hydrogen-bond acceptors (Lipinski definition) is 7. The summed E-state index contributed by atoms with van der Waals surface area (Å²) in [6, 6.07) is 14.9. The maximum Gasteiger partial charge on any atom is 0.338 e. The van der Waals surface area contributed by atoms with Crippen LogP contribution in [0.1, 0.15) is 37.7 Å². The van der Waals surface area contributed by atoms with Crippen molar-refractivity contribution < 1.29 is 23.8 Å². The third kappa shape index (κ3) is 3.95. The predicted molar refractivity (Wildman–Crippen MR) is 125 cm³/mol. The minimum Gasteiger partial charge on any atom is -0.493 e. The fourth-order valence-corrected chi connectivity index (χ4v) is 4.63. The van der Waals surface area contributed by atoms with Crippen molar-refractivity contribution in [1.29, 1.82) is 0 Å². The number of methoxy groups -OCH3 is 2. The Balaban J connectivity index is 1.99. The molecule has 0 amide bonds. The summed E-state index contributed by atoms with van der Waals surface area (Å²) in [5.41, 5.74) is 9.86. The first-order valence-corrected chi connectivity index (χ1v) is 11.0. The van der Waals surface area contributed by atoms with Crippen LogP contribution in [0.3, 0.4) is 0 Å². The molecule has 2 aromatic rings. The van der Waals surface area contributed by atoms with E-state index < -0.39 is 11.9 Å². The van der Waals surface area contributed by atoms with Crippen LogP contribution in [0.4, 0.5) is 5.69 Å². The van der Waals surface area contributed by atoms with Gasteiger partial charge < -0.3 is 19.9 Å². The number of Topliss-reactive ketones (excluding diaryl/α,β-unsaturated/α-hetero) is 1. The van der Waals surface area contributed by atoms with Crippen molar-refractivity contribution in [3.63, 3.8) is 0 Å². The van der Waals surface area contributed by atoms with Crippen LogP contribution in [0.5, 0.6) is 11.5 Å². The van der Waals surface area contributed by atoms with Crippen LogP contribution in [0.25, 0.3) is 0 Å². The number of rotatable bonds is 6. The van der Waals surface area contributed by atoms with E-state index in [9.17, 15) is 9.59 Å². The zero-order chi connectivity index (χ0) is 23.5. The monoisotopic (exact) mass is 448 g/mol. The average Bonchev–Trinajstić information content (AvgIpc) is 2.83. The van der Waals surface area contributed by atoms with Crippen LogP contribution < -0.4 is 20.1 Å². The number of nitrogens with two attached hydrogens (primary N) is 1. The van der Waals surface area contributed by atoms with E-state index in [1.165, 1.54) is 0 Å². The van der Waals surface area contributed by atoms with Crippen molar-refractivity contribution in [1.82, 2.24) is 0 Å². The van der Waals surface area contributed by atoms with Crippen LogP contribution >= 0.6 is 0 Å². The highest BCUT2D eigenvalue weighted by atomic mass is 16.5. The molecule has 1 aliphatic carbocycles. The lowest BCUT2D eigenvalue weighted by atomic mass is 9.75. The molecule has 1 aliphatic heterocycles. The van der Waals surface area contributed by atoms with Gasteiger partial charge in [0.15, 0.2) is 17.3 Å². The number of allylic oxidation sites excluding steroid dienone is 2. The lowest BCUT2D eigenvalue weighted by molar-refractivity contribution is -0.138. The van der Waals surface area contributed by atoms with Crippen LogP contribution in [0, 0.1) is 0 Å². The molecule has 7 nitrogen and oxygen atoms in total. The normalized spacial score (nSPS) is 18.2. The molecule has 0 radical (unpaired) electrons. The van der Waals surface area contributed by atoms with E-state index in [1.807, 2.05) is 41.3 Å². The highest BCUT2D eigenvalue weighted by molar-refractivity contribution is 6.05. The number of carbonyl (C=O) groups excluding carboxylic acids is 2. The van der Waals surface area contributed by atoms with E-state index in [2.05, 4.69) is 0 Å². The Kier molecular flexibility index (Phi) is 6.40. The molecule has 172 valence electrons. The second-order valence-electron chi connectivity index (χ2n) is 7.87. The lowest BCUT2D eigenvalue weighted by Gasteiger charge is -2.40. The molecule has 0 spiro atoms. The predicted octanol–water partition coefficient (Wildman–Crippen LogP) is 4.05. The molecule has 4 rings (SSSR count). The van der Waals surface area contributed by atoms with Crippen molar-refractivity contribution in [2.45, 2.75) is 32.1 Å². The molecule has 0 fully saturated rings. The minimum absolute atomic E-state index is 0.00580. The maximum absolute atomic E-state index is 13.3. The van der Waals surface area contributed by atoms with Gasteiger partial charge in [-0.15, -0.1) is 0 Å². The summed E-state index contributed by atoms with van der Waals surface area (Å²) >= 11 is 0. The molecular formula is C26H28N2O5. The number of carbonyl (C=O) groups is 2. The number of esters is 1. The molecule has 0 saturated carbocycles. The number of nitrogens with zero attached hydrogens (tertiary/aromatic N) is 1. The maximum atomic E-state index is 13.3. The van der Waals surface area contributed by atoms with Crippen molar-refractivity contribution in [2.24, 2.45) is 5.73 Å². The van der Waals surface area contributed by atoms with Gasteiger partial charge in [0, 0.05) is 23.4 Å². The molecule has 2 N–H and O–H groups in total. The molecule has 33 heavy (non-hydrogen) atoms. The Morgan fingerprint density at radius 2 is 1.79 bits per heavy atom. The topological polar surface area (TPSA) is 91.1 Å². The Morgan fingerprint density at radius 1 is 1.06 bits per heavy atom. The fraction of sp³-hybridized carbons (Fsp3) is 0.308. The molecule has 0 unspecified atom stereocenters. The van der Waals surface area contributed by atoms with Gasteiger partial charge in [0.1, 0.15) is 5.82 Å². The standard InChI is InChI=1S/C26H28N2O5/c1-4-33-26(30)24-22(16-13-14-20(31-2)21(15-16)32-3)23-18(11-8-12-19(23)29)28(25(24)27)17-9-6-5-7-10-17/h5-7,9-10,13-15,22H,4,8,11-12,27H2,1-3H3/t22-/m0/s1. The SMILES string of the molecule is CCOC(=O)C1=C(N)N(c2ccccc2)C2=C(C(=O)CCC2)[C@@H]1c1ccc(OC)c(OC)c1. The highest BCUT2D eigenvalue weighted by Gasteiger charge is 2.43. The number of ether oxygens (including phenoxy) is 3. The summed E-state index contributed by atoms with van der Waals surface area (Å²) in [5.74, 6) is 0.140. The Morgan fingerprint density at radius 3 is 2.45 bits per heavy atom. The minimum atomic E-state index is -0.661. The average molecular weight is 449 g/mol. The molecule has 0 aromatic heterocycles. The summed E-state index contributed by atoms with van der Waals surface area (Å²) < 4.78 is 16.3. The zero-order valence-electron chi connectivity index (χ0n) is 19.1. The first-order valence-electron chi connectivity index (χ1n) is 11.0. The third-order valence-electron chi connectivity index (χ3n) is 6.04. The van der Waals surface area contributed by atoms with Crippen molar-refractivity contribution >= 4 is 17.4 Å².